The number of aromatic nitrogens is 5. The molecule has 0 aliphatic heterocycles. The third kappa shape index (κ3) is 2.82. The largest absolute Gasteiger partial charge is 0.329 e. The molecule has 0 aromatic carbocycles. The van der Waals surface area contributed by atoms with Gasteiger partial charge in [-0.1, -0.05) is 5.21 Å². The Morgan fingerprint density at radius 1 is 1.41 bits per heavy atom. The summed E-state index contributed by atoms with van der Waals surface area (Å²) < 4.78 is 1.50. The highest BCUT2D eigenvalue weighted by Crippen LogP contribution is 1.99. The maximum atomic E-state index is 11.7. The van der Waals surface area contributed by atoms with Gasteiger partial charge in [0, 0.05) is 18.9 Å². The van der Waals surface area contributed by atoms with E-state index in [-0.39, 0.29) is 11.6 Å². The third-order valence-corrected chi connectivity index (χ3v) is 1.92. The molecule has 0 spiro atoms. The number of hydrogen-bond acceptors (Lipinski definition) is 6. The van der Waals surface area contributed by atoms with E-state index < -0.39 is 5.91 Å². The van der Waals surface area contributed by atoms with Crippen LogP contribution >= 0.6 is 0 Å². The number of carbonyl (C=O) groups excluding carboxylic acids is 1. The Bertz CT molecular complexity index is 495. The first-order chi connectivity index (χ1) is 8.29. The minimum absolute atomic E-state index is 0.200. The van der Waals surface area contributed by atoms with Crippen LogP contribution in [0.5, 0.6) is 0 Å². The van der Waals surface area contributed by atoms with Crippen LogP contribution in [0.2, 0.25) is 0 Å². The van der Waals surface area contributed by atoms with Crippen LogP contribution in [0.25, 0.3) is 0 Å². The van der Waals surface area contributed by atoms with Gasteiger partial charge in [-0.05, 0) is 6.07 Å². The molecule has 8 heteroatoms. The Labute approximate surface area is 96.9 Å². The highest BCUT2D eigenvalue weighted by molar-refractivity contribution is 6.01. The smallest absolute Gasteiger partial charge is 0.280 e. The van der Waals surface area contributed by atoms with Gasteiger partial charge >= 0.3 is 0 Å². The molecule has 2 aromatic rings. The number of nitrogens with two attached hydrogens (primary N) is 1. The molecule has 2 rings (SSSR count). The van der Waals surface area contributed by atoms with Gasteiger partial charge in [0.15, 0.2) is 5.69 Å². The van der Waals surface area contributed by atoms with Crippen LogP contribution in [0.4, 0.5) is 5.95 Å². The van der Waals surface area contributed by atoms with Crippen LogP contribution in [0.3, 0.4) is 0 Å². The van der Waals surface area contributed by atoms with E-state index in [1.165, 1.54) is 23.3 Å². The number of rotatable bonds is 4. The highest BCUT2D eigenvalue weighted by atomic mass is 16.2. The van der Waals surface area contributed by atoms with Gasteiger partial charge < -0.3 is 5.73 Å². The lowest BCUT2D eigenvalue weighted by molar-refractivity contribution is 0.102. The molecule has 0 aliphatic carbocycles. The molecule has 0 atom stereocenters. The molecule has 2 heterocycles. The number of amides is 1. The van der Waals surface area contributed by atoms with Gasteiger partial charge in [-0.3, -0.25) is 14.8 Å². The molecular weight excluding hydrogens is 222 g/mol. The van der Waals surface area contributed by atoms with E-state index in [0.29, 0.717) is 13.1 Å². The molecule has 0 aliphatic rings. The van der Waals surface area contributed by atoms with Gasteiger partial charge in [0.05, 0.1) is 12.7 Å². The molecule has 0 unspecified atom stereocenters. The van der Waals surface area contributed by atoms with E-state index >= 15 is 0 Å². The third-order valence-electron chi connectivity index (χ3n) is 1.92. The van der Waals surface area contributed by atoms with E-state index in [1.807, 2.05) is 0 Å². The SMILES string of the molecule is NCCn1cc(C(=O)Nc2ncccn2)nn1. The zero-order chi connectivity index (χ0) is 12.1. The van der Waals surface area contributed by atoms with Crippen molar-refractivity contribution >= 4 is 11.9 Å². The summed E-state index contributed by atoms with van der Waals surface area (Å²) in [4.78, 5) is 19.4. The molecule has 0 radical (unpaired) electrons. The highest BCUT2D eigenvalue weighted by Gasteiger charge is 2.11. The molecule has 0 saturated heterocycles. The summed E-state index contributed by atoms with van der Waals surface area (Å²) in [6.07, 6.45) is 4.59. The molecule has 88 valence electrons. The second-order valence-corrected chi connectivity index (χ2v) is 3.18. The summed E-state index contributed by atoms with van der Waals surface area (Å²) in [6.45, 7) is 0.953. The number of nitrogens with one attached hydrogen (secondary N) is 1. The molecule has 0 saturated carbocycles. The fourth-order valence-corrected chi connectivity index (χ4v) is 1.17. The predicted octanol–water partition coefficient (Wildman–Crippen LogP) is -0.721. The van der Waals surface area contributed by atoms with Crippen molar-refractivity contribution < 1.29 is 4.79 Å². The summed E-state index contributed by atoms with van der Waals surface area (Å²) in [7, 11) is 0. The van der Waals surface area contributed by atoms with E-state index in [0.717, 1.165) is 0 Å². The van der Waals surface area contributed by atoms with Crippen LogP contribution in [0.1, 0.15) is 10.5 Å². The molecule has 17 heavy (non-hydrogen) atoms. The van der Waals surface area contributed by atoms with Crippen molar-refractivity contribution in [3.05, 3.63) is 30.4 Å². The molecule has 3 N–H and O–H groups in total. The monoisotopic (exact) mass is 233 g/mol. The Balaban J connectivity index is 2.04. The summed E-state index contributed by atoms with van der Waals surface area (Å²) >= 11 is 0. The fourth-order valence-electron chi connectivity index (χ4n) is 1.17. The maximum Gasteiger partial charge on any atom is 0.280 e. The van der Waals surface area contributed by atoms with Gasteiger partial charge in [-0.15, -0.1) is 5.10 Å². The summed E-state index contributed by atoms with van der Waals surface area (Å²) in [5, 5.41) is 9.98. The molecular formula is C9H11N7O. The van der Waals surface area contributed by atoms with Crippen molar-refractivity contribution in [2.24, 2.45) is 5.73 Å². The first kappa shape index (κ1) is 11.1. The Hall–Kier alpha value is -2.35. The molecule has 0 bridgehead atoms. The standard InChI is InChI=1S/C9H11N7O/c10-2-5-16-6-7(14-15-16)8(17)13-9-11-3-1-4-12-9/h1,3-4,6H,2,5,10H2,(H,11,12,13,17). The van der Waals surface area contributed by atoms with E-state index in [9.17, 15) is 4.79 Å². The zero-order valence-electron chi connectivity index (χ0n) is 8.95. The van der Waals surface area contributed by atoms with Gasteiger partial charge in [-0.25, -0.2) is 9.97 Å². The fraction of sp³-hybridized carbons (Fsp3) is 0.222. The predicted molar refractivity (Wildman–Crippen MR) is 59.1 cm³/mol. The lowest BCUT2D eigenvalue weighted by Gasteiger charge is -1.98. The van der Waals surface area contributed by atoms with Crippen molar-refractivity contribution in [1.29, 1.82) is 0 Å². The van der Waals surface area contributed by atoms with Crippen LogP contribution in [-0.4, -0.2) is 37.4 Å². The lowest BCUT2D eigenvalue weighted by atomic mass is 10.4. The quantitative estimate of drug-likeness (QED) is 0.720. The second-order valence-electron chi connectivity index (χ2n) is 3.18. The minimum atomic E-state index is -0.403. The molecule has 0 fully saturated rings. The van der Waals surface area contributed by atoms with E-state index in [4.69, 9.17) is 5.73 Å². The Morgan fingerprint density at radius 3 is 2.88 bits per heavy atom. The first-order valence-corrected chi connectivity index (χ1v) is 4.98. The van der Waals surface area contributed by atoms with Crippen LogP contribution < -0.4 is 11.1 Å². The van der Waals surface area contributed by atoms with E-state index in [2.05, 4.69) is 25.6 Å². The molecule has 8 nitrogen and oxygen atoms in total. The second kappa shape index (κ2) is 5.12. The summed E-state index contributed by atoms with van der Waals surface area (Å²) in [6, 6.07) is 1.66. The number of nitrogens with zero attached hydrogens (tertiary/aromatic N) is 5. The zero-order valence-corrected chi connectivity index (χ0v) is 8.95. The minimum Gasteiger partial charge on any atom is -0.329 e. The van der Waals surface area contributed by atoms with Gasteiger partial charge in [0.1, 0.15) is 0 Å². The van der Waals surface area contributed by atoms with Crippen molar-refractivity contribution in [2.75, 3.05) is 11.9 Å². The van der Waals surface area contributed by atoms with Crippen LogP contribution in [0, 0.1) is 0 Å². The average Bonchev–Trinajstić information content (AvgIpc) is 2.79. The van der Waals surface area contributed by atoms with Crippen LogP contribution in [-0.2, 0) is 6.54 Å². The summed E-state index contributed by atoms with van der Waals surface area (Å²) in [5.74, 6) is -0.176. The van der Waals surface area contributed by atoms with Gasteiger partial charge in [0.25, 0.3) is 5.91 Å². The lowest BCUT2D eigenvalue weighted by Crippen LogP contribution is -2.14. The Morgan fingerprint density at radius 2 is 2.18 bits per heavy atom. The maximum absolute atomic E-state index is 11.7. The van der Waals surface area contributed by atoms with E-state index in [1.54, 1.807) is 6.07 Å². The van der Waals surface area contributed by atoms with Crippen molar-refractivity contribution in [3.8, 4) is 0 Å². The summed E-state index contributed by atoms with van der Waals surface area (Å²) in [5.41, 5.74) is 5.56. The number of carbonyl (C=O) groups is 1. The first-order valence-electron chi connectivity index (χ1n) is 4.98. The van der Waals surface area contributed by atoms with Crippen LogP contribution in [0.15, 0.2) is 24.7 Å². The Kier molecular flexibility index (Phi) is 3.36. The van der Waals surface area contributed by atoms with Gasteiger partial charge in [0.2, 0.25) is 5.95 Å². The van der Waals surface area contributed by atoms with Crippen molar-refractivity contribution in [2.45, 2.75) is 6.54 Å². The number of hydrogen-bond donors (Lipinski definition) is 2. The number of anilines is 1. The average molecular weight is 233 g/mol. The topological polar surface area (TPSA) is 112 Å². The molecule has 1 amide bonds. The molecule has 2 aromatic heterocycles. The normalized spacial score (nSPS) is 10.2. The van der Waals surface area contributed by atoms with Gasteiger partial charge in [-0.2, -0.15) is 0 Å². The van der Waals surface area contributed by atoms with Crippen molar-refractivity contribution in [3.63, 3.8) is 0 Å². The van der Waals surface area contributed by atoms with Crippen molar-refractivity contribution in [1.82, 2.24) is 25.0 Å².